The van der Waals surface area contributed by atoms with Gasteiger partial charge in [0.05, 0.1) is 6.61 Å². The molecule has 19 heavy (non-hydrogen) atoms. The molecule has 0 saturated carbocycles. The summed E-state index contributed by atoms with van der Waals surface area (Å²) in [7, 11) is 0. The first-order valence-electron chi connectivity index (χ1n) is 7.02. The van der Waals surface area contributed by atoms with Crippen molar-refractivity contribution in [3.63, 3.8) is 0 Å². The Kier molecular flexibility index (Phi) is 3.44. The minimum Gasteiger partial charge on any atom is -0.493 e. The number of hydrogen-bond donors (Lipinski definition) is 1. The highest BCUT2D eigenvalue weighted by atomic mass is 19.3. The molecule has 1 aromatic rings. The van der Waals surface area contributed by atoms with E-state index in [0.717, 1.165) is 43.5 Å². The molecule has 0 amide bonds. The predicted molar refractivity (Wildman–Crippen MR) is 69.8 cm³/mol. The highest BCUT2D eigenvalue weighted by molar-refractivity contribution is 5.40. The van der Waals surface area contributed by atoms with E-state index in [4.69, 9.17) is 4.74 Å². The first-order valence-corrected chi connectivity index (χ1v) is 7.02. The summed E-state index contributed by atoms with van der Waals surface area (Å²) in [6.07, 6.45) is 3.49. The number of aryl methyl sites for hydroxylation is 1. The third kappa shape index (κ3) is 2.73. The van der Waals surface area contributed by atoms with Crippen molar-refractivity contribution < 1.29 is 13.5 Å². The van der Waals surface area contributed by atoms with E-state index < -0.39 is 5.92 Å². The summed E-state index contributed by atoms with van der Waals surface area (Å²) in [5, 5.41) is 3.14. The third-order valence-electron chi connectivity index (χ3n) is 4.00. The molecule has 1 N–H and O–H groups in total. The maximum atomic E-state index is 14.3. The van der Waals surface area contributed by atoms with Crippen LogP contribution in [0.5, 0.6) is 5.75 Å². The number of alkyl halides is 2. The van der Waals surface area contributed by atoms with E-state index >= 15 is 0 Å². The summed E-state index contributed by atoms with van der Waals surface area (Å²) in [4.78, 5) is 0. The van der Waals surface area contributed by atoms with Gasteiger partial charge in [-0.05, 0) is 56.0 Å². The van der Waals surface area contributed by atoms with Crippen molar-refractivity contribution in [2.75, 3.05) is 13.2 Å². The second-order valence-electron chi connectivity index (χ2n) is 5.48. The second-order valence-corrected chi connectivity index (χ2v) is 5.48. The Morgan fingerprint density at radius 2 is 2.21 bits per heavy atom. The third-order valence-corrected chi connectivity index (χ3v) is 4.00. The Balaban J connectivity index is 1.79. The number of ether oxygens (including phenoxy) is 1. The van der Waals surface area contributed by atoms with Gasteiger partial charge in [-0.1, -0.05) is 0 Å². The summed E-state index contributed by atoms with van der Waals surface area (Å²) < 4.78 is 34.1. The average Bonchev–Trinajstić information content (AvgIpc) is 2.90. The molecule has 4 heteroatoms. The van der Waals surface area contributed by atoms with Gasteiger partial charge in [-0.15, -0.1) is 0 Å². The van der Waals surface area contributed by atoms with Crippen LogP contribution in [0.1, 0.15) is 36.8 Å². The lowest BCUT2D eigenvalue weighted by Crippen LogP contribution is -2.29. The van der Waals surface area contributed by atoms with E-state index in [9.17, 15) is 8.78 Å². The van der Waals surface area contributed by atoms with Crippen LogP contribution in [-0.4, -0.2) is 19.2 Å². The molecule has 2 nitrogen and oxygen atoms in total. The molecule has 104 valence electrons. The number of fused-ring (bicyclic) bond motifs is 1. The molecule has 1 aromatic carbocycles. The largest absolute Gasteiger partial charge is 0.493 e. The van der Waals surface area contributed by atoms with Crippen molar-refractivity contribution in [1.82, 2.24) is 5.32 Å². The van der Waals surface area contributed by atoms with Crippen LogP contribution in [0.25, 0.3) is 0 Å². The van der Waals surface area contributed by atoms with Crippen molar-refractivity contribution in [3.05, 3.63) is 29.3 Å². The summed E-state index contributed by atoms with van der Waals surface area (Å²) in [5.74, 6) is -1.99. The fraction of sp³-hybridized carbons (Fsp3) is 0.600. The van der Waals surface area contributed by atoms with E-state index in [2.05, 4.69) is 5.32 Å². The smallest absolute Gasteiger partial charge is 0.274 e. The maximum absolute atomic E-state index is 14.3. The molecular formula is C15H19F2NO. The first-order chi connectivity index (χ1) is 9.15. The summed E-state index contributed by atoms with van der Waals surface area (Å²) in [6, 6.07) is 4.78. The summed E-state index contributed by atoms with van der Waals surface area (Å²) >= 11 is 0. The fourth-order valence-electron chi connectivity index (χ4n) is 2.95. The quantitative estimate of drug-likeness (QED) is 0.907. The van der Waals surface area contributed by atoms with E-state index in [-0.39, 0.29) is 18.0 Å². The van der Waals surface area contributed by atoms with E-state index in [1.807, 2.05) is 0 Å². The number of nitrogens with one attached hydrogen (secondary N) is 1. The number of rotatable bonds is 3. The Bertz CT molecular complexity index is 455. The van der Waals surface area contributed by atoms with E-state index in [0.29, 0.717) is 6.61 Å². The summed E-state index contributed by atoms with van der Waals surface area (Å²) in [6.45, 7) is 1.55. The van der Waals surface area contributed by atoms with E-state index in [1.54, 1.807) is 12.1 Å². The van der Waals surface area contributed by atoms with Gasteiger partial charge in [-0.3, -0.25) is 0 Å². The van der Waals surface area contributed by atoms with Crippen molar-refractivity contribution >= 4 is 0 Å². The number of halogens is 2. The van der Waals surface area contributed by atoms with Crippen LogP contribution in [0, 0.1) is 0 Å². The minimum atomic E-state index is -2.76. The number of benzene rings is 1. The van der Waals surface area contributed by atoms with Gasteiger partial charge in [0.2, 0.25) is 0 Å². The Morgan fingerprint density at radius 3 is 3.00 bits per heavy atom. The summed E-state index contributed by atoms with van der Waals surface area (Å²) in [5.41, 5.74) is 1.05. The molecule has 2 heterocycles. The van der Waals surface area contributed by atoms with Gasteiger partial charge in [-0.2, -0.15) is 0 Å². The molecule has 0 spiro atoms. The highest BCUT2D eigenvalue weighted by Gasteiger charge is 2.36. The molecule has 0 aliphatic carbocycles. The molecule has 0 aromatic heterocycles. The predicted octanol–water partition coefficient (Wildman–Crippen LogP) is 3.25. The Morgan fingerprint density at radius 1 is 1.32 bits per heavy atom. The average molecular weight is 267 g/mol. The zero-order valence-corrected chi connectivity index (χ0v) is 10.9. The van der Waals surface area contributed by atoms with E-state index in [1.165, 1.54) is 6.07 Å². The van der Waals surface area contributed by atoms with Crippen LogP contribution in [0.3, 0.4) is 0 Å². The molecule has 3 rings (SSSR count). The van der Waals surface area contributed by atoms with Crippen LogP contribution >= 0.6 is 0 Å². The van der Waals surface area contributed by atoms with Crippen molar-refractivity contribution in [1.29, 1.82) is 0 Å². The zero-order valence-electron chi connectivity index (χ0n) is 10.9. The standard InChI is InChI=1S/C15H19F2NO/c16-15(17,10-13-4-1-7-18-13)12-5-6-14-11(9-12)3-2-8-19-14/h5-6,9,13,18H,1-4,7-8,10H2. The first kappa shape index (κ1) is 12.9. The van der Waals surface area contributed by atoms with Gasteiger partial charge >= 0.3 is 0 Å². The molecule has 1 unspecified atom stereocenters. The van der Waals surface area contributed by atoms with Crippen LogP contribution in [0.2, 0.25) is 0 Å². The topological polar surface area (TPSA) is 21.3 Å². The van der Waals surface area contributed by atoms with Crippen molar-refractivity contribution in [3.8, 4) is 5.75 Å². The van der Waals surface area contributed by atoms with Gasteiger partial charge in [-0.25, -0.2) is 8.78 Å². The van der Waals surface area contributed by atoms with Crippen molar-refractivity contribution in [2.24, 2.45) is 0 Å². The lowest BCUT2D eigenvalue weighted by atomic mass is 9.96. The Hall–Kier alpha value is -1.16. The lowest BCUT2D eigenvalue weighted by Gasteiger charge is -2.23. The normalized spacial score (nSPS) is 22.9. The van der Waals surface area contributed by atoms with Gasteiger partial charge in [0.25, 0.3) is 5.92 Å². The maximum Gasteiger partial charge on any atom is 0.274 e. The molecule has 2 aliphatic rings. The molecule has 2 aliphatic heterocycles. The molecule has 0 radical (unpaired) electrons. The Labute approximate surface area is 112 Å². The fourth-order valence-corrected chi connectivity index (χ4v) is 2.95. The van der Waals surface area contributed by atoms with Crippen molar-refractivity contribution in [2.45, 2.75) is 44.1 Å². The van der Waals surface area contributed by atoms with Gasteiger partial charge in [0.1, 0.15) is 5.75 Å². The monoisotopic (exact) mass is 267 g/mol. The van der Waals surface area contributed by atoms with Gasteiger partial charge < -0.3 is 10.1 Å². The van der Waals surface area contributed by atoms with Gasteiger partial charge in [0.15, 0.2) is 0 Å². The minimum absolute atomic E-state index is 0.0534. The molecule has 1 atom stereocenters. The number of hydrogen-bond acceptors (Lipinski definition) is 2. The molecule has 1 fully saturated rings. The molecular weight excluding hydrogens is 248 g/mol. The van der Waals surface area contributed by atoms with Crippen LogP contribution in [-0.2, 0) is 12.3 Å². The van der Waals surface area contributed by atoms with Crippen LogP contribution in [0.15, 0.2) is 18.2 Å². The van der Waals surface area contributed by atoms with Crippen LogP contribution < -0.4 is 10.1 Å². The lowest BCUT2D eigenvalue weighted by molar-refractivity contribution is -0.0214. The zero-order chi connectivity index (χ0) is 13.3. The van der Waals surface area contributed by atoms with Gasteiger partial charge in [0, 0.05) is 18.0 Å². The second kappa shape index (κ2) is 5.08. The molecule has 0 bridgehead atoms. The SMILES string of the molecule is FC(F)(CC1CCCN1)c1ccc2c(c1)CCCO2. The highest BCUT2D eigenvalue weighted by Crippen LogP contribution is 2.37. The van der Waals surface area contributed by atoms with Crippen LogP contribution in [0.4, 0.5) is 8.78 Å². The molecule has 1 saturated heterocycles.